The number of aromatic amines is 1. The third kappa shape index (κ3) is 4.16. The van der Waals surface area contributed by atoms with E-state index in [9.17, 15) is 9.18 Å². The maximum atomic E-state index is 13.1. The van der Waals surface area contributed by atoms with E-state index in [4.69, 9.17) is 0 Å². The number of H-pyrrole nitrogens is 1. The van der Waals surface area contributed by atoms with Crippen LogP contribution >= 0.6 is 0 Å². The summed E-state index contributed by atoms with van der Waals surface area (Å²) in [5.74, 6) is -0.652. The molecule has 150 valence electrons. The van der Waals surface area contributed by atoms with Gasteiger partial charge in [-0.15, -0.1) is 0 Å². The first-order chi connectivity index (χ1) is 14.2. The van der Waals surface area contributed by atoms with E-state index in [1.807, 2.05) is 19.1 Å². The monoisotopic (exact) mass is 392 g/mol. The van der Waals surface area contributed by atoms with Crippen LogP contribution in [0.25, 0.3) is 11.3 Å². The molecule has 5 nitrogen and oxygen atoms in total. The minimum absolute atomic E-state index is 0.285. The number of nitrogens with zero attached hydrogens (tertiary/aromatic N) is 2. The van der Waals surface area contributed by atoms with E-state index in [1.54, 1.807) is 0 Å². The van der Waals surface area contributed by atoms with E-state index >= 15 is 0 Å². The molecule has 3 aromatic rings. The van der Waals surface area contributed by atoms with E-state index in [1.165, 1.54) is 49.2 Å². The van der Waals surface area contributed by atoms with Crippen molar-refractivity contribution in [3.8, 4) is 11.3 Å². The van der Waals surface area contributed by atoms with Gasteiger partial charge in [-0.05, 0) is 62.1 Å². The number of halogens is 1. The van der Waals surface area contributed by atoms with Gasteiger partial charge in [-0.25, -0.2) is 4.39 Å². The Kier molecular flexibility index (Phi) is 5.60. The number of anilines is 2. The fourth-order valence-corrected chi connectivity index (χ4v) is 3.75. The molecule has 2 heterocycles. The molecular formula is C23H25FN4O. The largest absolute Gasteiger partial charge is 0.372 e. The Morgan fingerprint density at radius 1 is 1.07 bits per heavy atom. The molecule has 0 saturated carbocycles. The number of aryl methyl sites for hydroxylation is 1. The van der Waals surface area contributed by atoms with E-state index in [0.29, 0.717) is 23.4 Å². The van der Waals surface area contributed by atoms with Gasteiger partial charge in [0.05, 0.1) is 11.4 Å². The number of rotatable bonds is 5. The summed E-state index contributed by atoms with van der Waals surface area (Å²) in [5, 5.41) is 10.4. The average Bonchev–Trinajstić information content (AvgIpc) is 3.17. The molecule has 1 aromatic heterocycles. The van der Waals surface area contributed by atoms with Gasteiger partial charge in [0.15, 0.2) is 0 Å². The predicted molar refractivity (Wildman–Crippen MR) is 114 cm³/mol. The molecule has 29 heavy (non-hydrogen) atoms. The second-order valence-electron chi connectivity index (χ2n) is 7.33. The standard InChI is InChI=1S/C23H25FN4O/c1-2-20-22(25-23(29)17-6-10-18(24)11-7-17)21(27-26-20)16-8-12-19(13-9-16)28-14-4-3-5-15-28/h6-13H,2-5,14-15H2,1H3,(H,25,29)(H,26,27). The van der Waals surface area contributed by atoms with Crippen molar-refractivity contribution in [3.05, 3.63) is 65.6 Å². The fourth-order valence-electron chi connectivity index (χ4n) is 3.75. The number of hydrogen-bond acceptors (Lipinski definition) is 3. The lowest BCUT2D eigenvalue weighted by Gasteiger charge is -2.28. The predicted octanol–water partition coefficient (Wildman–Crippen LogP) is 5.02. The lowest BCUT2D eigenvalue weighted by molar-refractivity contribution is 0.102. The van der Waals surface area contributed by atoms with Crippen LogP contribution in [0.15, 0.2) is 48.5 Å². The third-order valence-electron chi connectivity index (χ3n) is 5.40. The van der Waals surface area contributed by atoms with Crippen molar-refractivity contribution in [1.82, 2.24) is 10.2 Å². The van der Waals surface area contributed by atoms with Gasteiger partial charge in [0.25, 0.3) is 5.91 Å². The molecule has 0 bridgehead atoms. The molecule has 0 radical (unpaired) electrons. The number of benzene rings is 2. The maximum absolute atomic E-state index is 13.1. The third-order valence-corrected chi connectivity index (χ3v) is 5.40. The highest BCUT2D eigenvalue weighted by Crippen LogP contribution is 2.31. The number of nitrogens with one attached hydrogen (secondary N) is 2. The zero-order valence-corrected chi connectivity index (χ0v) is 16.5. The molecule has 1 fully saturated rings. The maximum Gasteiger partial charge on any atom is 0.255 e. The van der Waals surface area contributed by atoms with E-state index in [-0.39, 0.29) is 11.7 Å². The van der Waals surface area contributed by atoms with Crippen LogP contribution in [0.3, 0.4) is 0 Å². The molecule has 2 aromatic carbocycles. The van der Waals surface area contributed by atoms with Crippen molar-refractivity contribution >= 4 is 17.3 Å². The number of carbonyl (C=O) groups excluding carboxylic acids is 1. The van der Waals surface area contributed by atoms with Crippen molar-refractivity contribution in [1.29, 1.82) is 0 Å². The smallest absolute Gasteiger partial charge is 0.255 e. The Hall–Kier alpha value is -3.15. The highest BCUT2D eigenvalue weighted by atomic mass is 19.1. The van der Waals surface area contributed by atoms with Gasteiger partial charge >= 0.3 is 0 Å². The second kappa shape index (κ2) is 8.47. The highest BCUT2D eigenvalue weighted by Gasteiger charge is 2.18. The molecule has 1 amide bonds. The van der Waals surface area contributed by atoms with E-state index < -0.39 is 0 Å². The molecule has 1 aliphatic heterocycles. The van der Waals surface area contributed by atoms with Crippen LogP contribution in [0, 0.1) is 5.82 Å². The highest BCUT2D eigenvalue weighted by molar-refractivity contribution is 6.06. The molecule has 6 heteroatoms. The van der Waals surface area contributed by atoms with Gasteiger partial charge in [-0.1, -0.05) is 19.1 Å². The van der Waals surface area contributed by atoms with Crippen LogP contribution in [0.5, 0.6) is 0 Å². The Labute approximate surface area is 169 Å². The summed E-state index contributed by atoms with van der Waals surface area (Å²) in [6, 6.07) is 13.8. The molecule has 0 atom stereocenters. The van der Waals surface area contributed by atoms with Crippen molar-refractivity contribution in [2.45, 2.75) is 32.6 Å². The summed E-state index contributed by atoms with van der Waals surface area (Å²) in [4.78, 5) is 15.1. The fraction of sp³-hybridized carbons (Fsp3) is 0.304. The normalized spacial score (nSPS) is 14.1. The summed E-state index contributed by atoms with van der Waals surface area (Å²) >= 11 is 0. The SMILES string of the molecule is CCc1[nH]nc(-c2ccc(N3CCCCC3)cc2)c1NC(=O)c1ccc(F)cc1. The van der Waals surface area contributed by atoms with Crippen molar-refractivity contribution in [2.75, 3.05) is 23.3 Å². The number of carbonyl (C=O) groups is 1. The van der Waals surface area contributed by atoms with Gasteiger partial charge in [0, 0.05) is 29.9 Å². The van der Waals surface area contributed by atoms with Gasteiger partial charge in [-0.3, -0.25) is 9.89 Å². The van der Waals surface area contributed by atoms with Gasteiger partial charge < -0.3 is 10.2 Å². The second-order valence-corrected chi connectivity index (χ2v) is 7.33. The number of hydrogen-bond donors (Lipinski definition) is 2. The zero-order valence-electron chi connectivity index (χ0n) is 16.5. The first kappa shape index (κ1) is 19.2. The molecule has 0 spiro atoms. The minimum Gasteiger partial charge on any atom is -0.372 e. The van der Waals surface area contributed by atoms with Crippen molar-refractivity contribution in [3.63, 3.8) is 0 Å². The molecule has 1 saturated heterocycles. The Morgan fingerprint density at radius 2 is 1.76 bits per heavy atom. The van der Waals surface area contributed by atoms with Crippen LogP contribution in [0.1, 0.15) is 42.2 Å². The van der Waals surface area contributed by atoms with Crippen LogP contribution in [0.2, 0.25) is 0 Å². The molecule has 1 aliphatic rings. The Bertz CT molecular complexity index is 973. The quantitative estimate of drug-likeness (QED) is 0.641. The summed E-state index contributed by atoms with van der Waals surface area (Å²) in [7, 11) is 0. The van der Waals surface area contributed by atoms with Gasteiger partial charge in [0.2, 0.25) is 0 Å². The molecular weight excluding hydrogens is 367 g/mol. The first-order valence-electron chi connectivity index (χ1n) is 10.1. The minimum atomic E-state index is -0.367. The zero-order chi connectivity index (χ0) is 20.2. The first-order valence-corrected chi connectivity index (χ1v) is 10.1. The van der Waals surface area contributed by atoms with Crippen molar-refractivity contribution in [2.24, 2.45) is 0 Å². The molecule has 2 N–H and O–H groups in total. The number of aromatic nitrogens is 2. The van der Waals surface area contributed by atoms with E-state index in [2.05, 4.69) is 32.5 Å². The Balaban J connectivity index is 1.59. The summed E-state index contributed by atoms with van der Waals surface area (Å²) in [6.45, 7) is 4.20. The molecule has 0 unspecified atom stereocenters. The summed E-state index contributed by atoms with van der Waals surface area (Å²) < 4.78 is 13.1. The van der Waals surface area contributed by atoms with Gasteiger partial charge in [0.1, 0.15) is 11.5 Å². The number of piperidine rings is 1. The molecule has 0 aliphatic carbocycles. The summed E-state index contributed by atoms with van der Waals surface area (Å²) in [5.41, 5.74) is 4.80. The molecule has 4 rings (SSSR count). The Morgan fingerprint density at radius 3 is 2.41 bits per heavy atom. The van der Waals surface area contributed by atoms with Gasteiger partial charge in [-0.2, -0.15) is 5.10 Å². The van der Waals surface area contributed by atoms with E-state index in [0.717, 1.165) is 24.3 Å². The average molecular weight is 392 g/mol. The topological polar surface area (TPSA) is 61.0 Å². The van der Waals surface area contributed by atoms with Crippen LogP contribution in [-0.4, -0.2) is 29.2 Å². The van der Waals surface area contributed by atoms with Crippen LogP contribution < -0.4 is 10.2 Å². The van der Waals surface area contributed by atoms with Crippen LogP contribution in [-0.2, 0) is 6.42 Å². The lowest BCUT2D eigenvalue weighted by Crippen LogP contribution is -2.29. The van der Waals surface area contributed by atoms with Crippen molar-refractivity contribution < 1.29 is 9.18 Å². The number of amides is 1. The van der Waals surface area contributed by atoms with Crippen LogP contribution in [0.4, 0.5) is 15.8 Å². The summed E-state index contributed by atoms with van der Waals surface area (Å²) in [6.07, 6.45) is 4.48. The lowest BCUT2D eigenvalue weighted by atomic mass is 10.1.